The molecule has 1 aromatic carbocycles. The van der Waals surface area contributed by atoms with Crippen LogP contribution in [0.5, 0.6) is 5.75 Å². The average molecular weight is 547 g/mol. The van der Waals surface area contributed by atoms with Gasteiger partial charge in [0.1, 0.15) is 23.5 Å². The molecule has 2 heterocycles. The van der Waals surface area contributed by atoms with Crippen molar-refractivity contribution in [2.24, 2.45) is 4.99 Å². The molecule has 30 heavy (non-hydrogen) atoms. The Balaban J connectivity index is 0.00000320. The number of halogens is 2. The Morgan fingerprint density at radius 3 is 2.77 bits per heavy atom. The van der Waals surface area contributed by atoms with Crippen molar-refractivity contribution in [3.63, 3.8) is 0 Å². The van der Waals surface area contributed by atoms with Crippen LogP contribution in [0.25, 0.3) is 0 Å². The van der Waals surface area contributed by atoms with Gasteiger partial charge in [0.2, 0.25) is 0 Å². The summed E-state index contributed by atoms with van der Waals surface area (Å²) in [5, 5.41) is 16.1. The molecule has 0 fully saturated rings. The Morgan fingerprint density at radius 1 is 1.20 bits per heavy atom. The van der Waals surface area contributed by atoms with Crippen molar-refractivity contribution < 1.29 is 4.74 Å². The molecule has 0 amide bonds. The van der Waals surface area contributed by atoms with Crippen molar-refractivity contribution >= 4 is 41.5 Å². The van der Waals surface area contributed by atoms with Gasteiger partial charge in [0.15, 0.2) is 5.96 Å². The molecule has 0 saturated heterocycles. The minimum absolute atomic E-state index is 0. The molecule has 1 atom stereocenters. The summed E-state index contributed by atoms with van der Waals surface area (Å²) in [7, 11) is 1.78. The van der Waals surface area contributed by atoms with E-state index in [0.29, 0.717) is 11.6 Å². The molecular formula is C21H32ClIN6O. The van der Waals surface area contributed by atoms with Crippen molar-refractivity contribution in [1.29, 1.82) is 0 Å². The summed E-state index contributed by atoms with van der Waals surface area (Å²) < 4.78 is 8.20. The third-order valence-electron chi connectivity index (χ3n) is 4.99. The molecule has 0 saturated carbocycles. The van der Waals surface area contributed by atoms with Gasteiger partial charge in [-0.2, -0.15) is 0 Å². The molecule has 7 nitrogen and oxygen atoms in total. The molecule has 2 aromatic rings. The number of benzene rings is 1. The maximum absolute atomic E-state index is 5.90. The second-order valence-electron chi connectivity index (χ2n) is 7.36. The highest BCUT2D eigenvalue weighted by molar-refractivity contribution is 14.0. The lowest BCUT2D eigenvalue weighted by Crippen LogP contribution is -2.42. The topological polar surface area (TPSA) is 76.4 Å². The Kier molecular flexibility index (Phi) is 10.7. The first-order chi connectivity index (χ1) is 14.2. The number of rotatable bonds is 8. The van der Waals surface area contributed by atoms with E-state index in [4.69, 9.17) is 16.3 Å². The van der Waals surface area contributed by atoms with E-state index in [1.165, 1.54) is 19.3 Å². The van der Waals surface area contributed by atoms with Gasteiger partial charge in [0.05, 0.1) is 6.54 Å². The highest BCUT2D eigenvalue weighted by Crippen LogP contribution is 2.17. The molecule has 9 heteroatoms. The molecule has 166 valence electrons. The van der Waals surface area contributed by atoms with Gasteiger partial charge in [-0.25, -0.2) is 0 Å². The standard InChI is InChI=1S/C21H31ClN6O.HI/c1-16(29-18-11-9-17(22)10-12-18)15-25-21(23-2)24-13-6-8-20-27-26-19-7-4-3-5-14-28(19)20;/h9-12,16H,3-8,13-15H2,1-2H3,(H2,23,24,25);1H. The largest absolute Gasteiger partial charge is 0.489 e. The zero-order valence-electron chi connectivity index (χ0n) is 17.7. The van der Waals surface area contributed by atoms with Gasteiger partial charge in [0.25, 0.3) is 0 Å². The molecule has 2 N–H and O–H groups in total. The van der Waals surface area contributed by atoms with Crippen LogP contribution in [0.3, 0.4) is 0 Å². The maximum atomic E-state index is 5.90. The smallest absolute Gasteiger partial charge is 0.191 e. The van der Waals surface area contributed by atoms with Gasteiger partial charge in [0, 0.05) is 38.0 Å². The first-order valence-corrected chi connectivity index (χ1v) is 10.8. The monoisotopic (exact) mass is 546 g/mol. The number of hydrogen-bond acceptors (Lipinski definition) is 4. The zero-order chi connectivity index (χ0) is 20.5. The molecule has 1 unspecified atom stereocenters. The molecule has 3 rings (SSSR count). The van der Waals surface area contributed by atoms with E-state index >= 15 is 0 Å². The molecular weight excluding hydrogens is 515 g/mol. The number of aryl methyl sites for hydroxylation is 2. The van der Waals surface area contributed by atoms with Crippen LogP contribution in [0.2, 0.25) is 5.02 Å². The fourth-order valence-corrected chi connectivity index (χ4v) is 3.56. The number of aromatic nitrogens is 3. The molecule has 0 spiro atoms. The lowest BCUT2D eigenvalue weighted by Gasteiger charge is -2.17. The van der Waals surface area contributed by atoms with E-state index in [2.05, 4.69) is 30.4 Å². The quantitative estimate of drug-likeness (QED) is 0.228. The van der Waals surface area contributed by atoms with E-state index < -0.39 is 0 Å². The third-order valence-corrected chi connectivity index (χ3v) is 5.24. The van der Waals surface area contributed by atoms with Crippen LogP contribution in [-0.2, 0) is 19.4 Å². The van der Waals surface area contributed by atoms with Gasteiger partial charge in [-0.15, -0.1) is 34.2 Å². The Labute approximate surface area is 201 Å². The summed E-state index contributed by atoms with van der Waals surface area (Å²) in [6.07, 6.45) is 6.69. The van der Waals surface area contributed by atoms with Crippen LogP contribution in [0.1, 0.15) is 44.3 Å². The maximum Gasteiger partial charge on any atom is 0.191 e. The van der Waals surface area contributed by atoms with Crippen molar-refractivity contribution in [3.05, 3.63) is 40.9 Å². The summed E-state index contributed by atoms with van der Waals surface area (Å²) in [5.41, 5.74) is 0. The number of aliphatic imine (C=N–C) groups is 1. The molecule has 0 bridgehead atoms. The lowest BCUT2D eigenvalue weighted by molar-refractivity contribution is 0.224. The van der Waals surface area contributed by atoms with Gasteiger partial charge in [-0.1, -0.05) is 18.0 Å². The summed E-state index contributed by atoms with van der Waals surface area (Å²) in [5.74, 6) is 3.84. The normalized spacial score (nSPS) is 14.8. The highest BCUT2D eigenvalue weighted by atomic mass is 127. The zero-order valence-corrected chi connectivity index (χ0v) is 20.8. The van der Waals surface area contributed by atoms with Crippen LogP contribution in [0.4, 0.5) is 0 Å². The van der Waals surface area contributed by atoms with E-state index in [0.717, 1.165) is 55.7 Å². The summed E-state index contributed by atoms with van der Waals surface area (Å²) in [6, 6.07) is 7.39. The predicted molar refractivity (Wildman–Crippen MR) is 132 cm³/mol. The van der Waals surface area contributed by atoms with Crippen molar-refractivity contribution in [2.75, 3.05) is 20.1 Å². The molecule has 1 aromatic heterocycles. The van der Waals surface area contributed by atoms with Gasteiger partial charge in [-0.3, -0.25) is 4.99 Å². The summed E-state index contributed by atoms with van der Waals surface area (Å²) in [4.78, 5) is 4.28. The van der Waals surface area contributed by atoms with Gasteiger partial charge < -0.3 is 19.9 Å². The number of nitrogens with zero attached hydrogens (tertiary/aromatic N) is 4. The summed E-state index contributed by atoms with van der Waals surface area (Å²) >= 11 is 5.90. The van der Waals surface area contributed by atoms with Crippen molar-refractivity contribution in [3.8, 4) is 5.75 Å². The Bertz CT molecular complexity index is 795. The first-order valence-electron chi connectivity index (χ1n) is 10.4. The number of guanidine groups is 1. The molecule has 0 aliphatic carbocycles. The average Bonchev–Trinajstić information content (AvgIpc) is 2.95. The molecule has 0 radical (unpaired) electrons. The van der Waals surface area contributed by atoms with Crippen molar-refractivity contribution in [1.82, 2.24) is 25.4 Å². The predicted octanol–water partition coefficient (Wildman–Crippen LogP) is 3.84. The number of ether oxygens (including phenoxy) is 1. The minimum atomic E-state index is 0. The van der Waals surface area contributed by atoms with Crippen LogP contribution in [-0.4, -0.2) is 47.0 Å². The van der Waals surface area contributed by atoms with Crippen LogP contribution in [0, 0.1) is 0 Å². The molecule has 1 aliphatic heterocycles. The SMILES string of the molecule is CN=C(NCCCc1nnc2n1CCCCC2)NCC(C)Oc1ccc(Cl)cc1.I. The Hall–Kier alpha value is -1.55. The van der Waals surface area contributed by atoms with Crippen LogP contribution in [0.15, 0.2) is 29.3 Å². The van der Waals surface area contributed by atoms with Crippen LogP contribution < -0.4 is 15.4 Å². The number of hydrogen-bond donors (Lipinski definition) is 2. The van der Waals surface area contributed by atoms with E-state index in [1.807, 2.05) is 31.2 Å². The number of fused-ring (bicyclic) bond motifs is 1. The minimum Gasteiger partial charge on any atom is -0.489 e. The first kappa shape index (κ1) is 24.7. The third kappa shape index (κ3) is 7.61. The van der Waals surface area contributed by atoms with E-state index in [-0.39, 0.29) is 30.1 Å². The van der Waals surface area contributed by atoms with Crippen molar-refractivity contribution in [2.45, 2.75) is 58.1 Å². The lowest BCUT2D eigenvalue weighted by atomic mass is 10.2. The van der Waals surface area contributed by atoms with Crippen LogP contribution >= 0.6 is 35.6 Å². The second-order valence-corrected chi connectivity index (χ2v) is 7.80. The van der Waals surface area contributed by atoms with Gasteiger partial charge >= 0.3 is 0 Å². The van der Waals surface area contributed by atoms with E-state index in [1.54, 1.807) is 7.05 Å². The highest BCUT2D eigenvalue weighted by Gasteiger charge is 2.14. The molecule has 1 aliphatic rings. The fraction of sp³-hybridized carbons (Fsp3) is 0.571. The Morgan fingerprint density at radius 2 is 2.00 bits per heavy atom. The second kappa shape index (κ2) is 13.0. The summed E-state index contributed by atoms with van der Waals surface area (Å²) in [6.45, 7) is 4.56. The number of nitrogens with one attached hydrogen (secondary N) is 2. The van der Waals surface area contributed by atoms with E-state index in [9.17, 15) is 0 Å². The van der Waals surface area contributed by atoms with Gasteiger partial charge in [-0.05, 0) is 50.5 Å². The fourth-order valence-electron chi connectivity index (χ4n) is 3.43.